The summed E-state index contributed by atoms with van der Waals surface area (Å²) in [6.07, 6.45) is 4.26. The minimum Gasteiger partial charge on any atom is -0.397 e. The number of benzene rings is 1. The minimum atomic E-state index is -0.159. The molecule has 1 aromatic carbocycles. The molecule has 0 atom stereocenters. The first kappa shape index (κ1) is 15.2. The van der Waals surface area contributed by atoms with Gasteiger partial charge in [0.2, 0.25) is 5.91 Å². The summed E-state index contributed by atoms with van der Waals surface area (Å²) < 4.78 is 3.06. The van der Waals surface area contributed by atoms with E-state index in [1.54, 1.807) is 42.2 Å². The third-order valence-corrected chi connectivity index (χ3v) is 3.35. The molecule has 0 spiro atoms. The second-order valence-electron chi connectivity index (χ2n) is 4.77. The predicted octanol–water partition coefficient (Wildman–Crippen LogP) is 1.84. The van der Waals surface area contributed by atoms with Crippen LogP contribution in [0.2, 0.25) is 5.02 Å². The lowest BCUT2D eigenvalue weighted by Crippen LogP contribution is -2.22. The molecule has 21 heavy (non-hydrogen) atoms. The molecule has 0 aliphatic rings. The maximum Gasteiger partial charge on any atom is 0.327 e. The number of nitrogens with zero attached hydrogens (tertiary/aromatic N) is 2. The molecule has 3 N–H and O–H groups in total. The SMILES string of the molecule is Cn1ccn(CCCC(=O)Nc2cc(Cl)ccc2N)c1=O. The van der Waals surface area contributed by atoms with Crippen molar-refractivity contribution in [1.29, 1.82) is 0 Å². The number of aryl methyl sites for hydroxylation is 2. The normalized spacial score (nSPS) is 10.6. The third-order valence-electron chi connectivity index (χ3n) is 3.11. The fourth-order valence-corrected chi connectivity index (χ4v) is 2.11. The Morgan fingerprint density at radius 2 is 2.14 bits per heavy atom. The number of nitrogens with two attached hydrogens (primary N) is 1. The van der Waals surface area contributed by atoms with Crippen LogP contribution in [0.1, 0.15) is 12.8 Å². The Morgan fingerprint density at radius 1 is 1.38 bits per heavy atom. The molecule has 0 saturated heterocycles. The zero-order valence-electron chi connectivity index (χ0n) is 11.7. The van der Waals surface area contributed by atoms with Gasteiger partial charge in [0.1, 0.15) is 0 Å². The van der Waals surface area contributed by atoms with Crippen molar-refractivity contribution in [2.45, 2.75) is 19.4 Å². The lowest BCUT2D eigenvalue weighted by Gasteiger charge is -2.08. The van der Waals surface area contributed by atoms with Gasteiger partial charge < -0.3 is 15.6 Å². The van der Waals surface area contributed by atoms with E-state index >= 15 is 0 Å². The second kappa shape index (κ2) is 6.49. The van der Waals surface area contributed by atoms with Gasteiger partial charge >= 0.3 is 5.69 Å². The number of halogens is 1. The van der Waals surface area contributed by atoms with E-state index in [9.17, 15) is 9.59 Å². The van der Waals surface area contributed by atoms with Crippen LogP contribution in [0, 0.1) is 0 Å². The molecule has 0 fully saturated rings. The quantitative estimate of drug-likeness (QED) is 0.827. The number of carbonyl (C=O) groups is 1. The van der Waals surface area contributed by atoms with Crippen molar-refractivity contribution in [2.75, 3.05) is 11.1 Å². The van der Waals surface area contributed by atoms with Crippen LogP contribution in [0.3, 0.4) is 0 Å². The zero-order valence-corrected chi connectivity index (χ0v) is 12.4. The van der Waals surface area contributed by atoms with Gasteiger partial charge in [-0.15, -0.1) is 0 Å². The van der Waals surface area contributed by atoms with Gasteiger partial charge in [0.15, 0.2) is 0 Å². The first-order chi connectivity index (χ1) is 9.97. The third kappa shape index (κ3) is 3.88. The second-order valence-corrected chi connectivity index (χ2v) is 5.20. The van der Waals surface area contributed by atoms with Crippen LogP contribution in [0.5, 0.6) is 0 Å². The van der Waals surface area contributed by atoms with E-state index in [-0.39, 0.29) is 11.6 Å². The molecule has 0 bridgehead atoms. The summed E-state index contributed by atoms with van der Waals surface area (Å²) in [4.78, 5) is 23.5. The van der Waals surface area contributed by atoms with E-state index in [0.29, 0.717) is 35.8 Å². The van der Waals surface area contributed by atoms with E-state index in [1.807, 2.05) is 0 Å². The van der Waals surface area contributed by atoms with Gasteiger partial charge in [-0.1, -0.05) is 11.6 Å². The number of hydrogen-bond donors (Lipinski definition) is 2. The van der Waals surface area contributed by atoms with Crippen LogP contribution in [0.25, 0.3) is 0 Å². The Bertz CT molecular complexity index is 705. The van der Waals surface area contributed by atoms with Gasteiger partial charge in [-0.2, -0.15) is 0 Å². The molecule has 0 aliphatic carbocycles. The molecule has 2 aromatic rings. The molecule has 7 heteroatoms. The first-order valence-corrected chi connectivity index (χ1v) is 6.92. The Morgan fingerprint density at radius 3 is 2.81 bits per heavy atom. The van der Waals surface area contributed by atoms with E-state index < -0.39 is 0 Å². The van der Waals surface area contributed by atoms with Gasteiger partial charge in [-0.3, -0.25) is 9.36 Å². The first-order valence-electron chi connectivity index (χ1n) is 6.54. The molecular weight excluding hydrogens is 292 g/mol. The molecular formula is C14H17ClN4O2. The maximum absolute atomic E-state index is 11.9. The molecule has 2 rings (SSSR count). The van der Waals surface area contributed by atoms with Crippen molar-refractivity contribution < 1.29 is 4.79 Å². The fraction of sp³-hybridized carbons (Fsp3) is 0.286. The van der Waals surface area contributed by atoms with Crippen molar-refractivity contribution in [2.24, 2.45) is 7.05 Å². The highest BCUT2D eigenvalue weighted by Crippen LogP contribution is 2.23. The predicted molar refractivity (Wildman–Crippen MR) is 83.4 cm³/mol. The molecule has 0 aliphatic heterocycles. The number of nitrogens with one attached hydrogen (secondary N) is 1. The smallest absolute Gasteiger partial charge is 0.327 e. The largest absolute Gasteiger partial charge is 0.397 e. The molecule has 0 unspecified atom stereocenters. The summed E-state index contributed by atoms with van der Waals surface area (Å²) in [6.45, 7) is 0.498. The number of nitrogen functional groups attached to an aromatic ring is 1. The number of aromatic nitrogens is 2. The lowest BCUT2D eigenvalue weighted by molar-refractivity contribution is -0.116. The van der Waals surface area contributed by atoms with E-state index in [2.05, 4.69) is 5.32 Å². The van der Waals surface area contributed by atoms with Crippen LogP contribution >= 0.6 is 11.6 Å². The Hall–Kier alpha value is -2.21. The average molecular weight is 309 g/mol. The maximum atomic E-state index is 11.9. The fourth-order valence-electron chi connectivity index (χ4n) is 1.94. The number of carbonyl (C=O) groups excluding carboxylic acids is 1. The number of rotatable bonds is 5. The Labute approximate surface area is 127 Å². The summed E-state index contributed by atoms with van der Waals surface area (Å²) >= 11 is 5.86. The van der Waals surface area contributed by atoms with Crippen molar-refractivity contribution in [3.63, 3.8) is 0 Å². The monoisotopic (exact) mass is 308 g/mol. The van der Waals surface area contributed by atoms with Gasteiger partial charge in [-0.25, -0.2) is 4.79 Å². The molecule has 0 radical (unpaired) electrons. The summed E-state index contributed by atoms with van der Waals surface area (Å²) in [5.41, 5.74) is 6.64. The van der Waals surface area contributed by atoms with Crippen molar-refractivity contribution in [3.05, 3.63) is 46.1 Å². The highest BCUT2D eigenvalue weighted by Gasteiger charge is 2.07. The number of hydrogen-bond acceptors (Lipinski definition) is 3. The standard InChI is InChI=1S/C14H17ClN4O2/c1-18-7-8-19(14(18)21)6-2-3-13(20)17-12-9-10(15)4-5-11(12)16/h4-5,7-9H,2-3,6,16H2,1H3,(H,17,20). The zero-order chi connectivity index (χ0) is 15.4. The molecule has 1 aromatic heterocycles. The van der Waals surface area contributed by atoms with Crippen LogP contribution in [0.15, 0.2) is 35.4 Å². The molecule has 112 valence electrons. The minimum absolute atomic E-state index is 0.0884. The van der Waals surface area contributed by atoms with Gasteiger partial charge in [-0.05, 0) is 24.6 Å². The Balaban J connectivity index is 1.86. The van der Waals surface area contributed by atoms with Gasteiger partial charge in [0.05, 0.1) is 11.4 Å². The lowest BCUT2D eigenvalue weighted by atomic mass is 10.2. The van der Waals surface area contributed by atoms with Crippen molar-refractivity contribution in [1.82, 2.24) is 9.13 Å². The average Bonchev–Trinajstić information content (AvgIpc) is 2.75. The van der Waals surface area contributed by atoms with Gasteiger partial charge in [0, 0.05) is 37.4 Å². The summed E-state index contributed by atoms with van der Waals surface area (Å²) in [5, 5.41) is 3.23. The summed E-state index contributed by atoms with van der Waals surface area (Å²) in [5.74, 6) is -0.159. The van der Waals surface area contributed by atoms with E-state index in [0.717, 1.165) is 0 Å². The van der Waals surface area contributed by atoms with Crippen LogP contribution in [-0.2, 0) is 18.4 Å². The van der Waals surface area contributed by atoms with Crippen LogP contribution in [0.4, 0.5) is 11.4 Å². The topological polar surface area (TPSA) is 82.1 Å². The molecule has 1 amide bonds. The highest BCUT2D eigenvalue weighted by molar-refractivity contribution is 6.31. The van der Waals surface area contributed by atoms with Crippen molar-refractivity contribution >= 4 is 28.9 Å². The number of amides is 1. The van der Waals surface area contributed by atoms with Crippen LogP contribution < -0.4 is 16.7 Å². The molecule has 6 nitrogen and oxygen atoms in total. The molecule has 1 heterocycles. The molecule has 0 saturated carbocycles. The highest BCUT2D eigenvalue weighted by atomic mass is 35.5. The summed E-state index contributed by atoms with van der Waals surface area (Å²) in [7, 11) is 1.69. The van der Waals surface area contributed by atoms with Gasteiger partial charge in [0.25, 0.3) is 0 Å². The number of anilines is 2. The van der Waals surface area contributed by atoms with E-state index in [4.69, 9.17) is 17.3 Å². The Kier molecular flexibility index (Phi) is 4.70. The van der Waals surface area contributed by atoms with E-state index in [1.165, 1.54) is 4.57 Å². The summed E-state index contributed by atoms with van der Waals surface area (Å²) in [6, 6.07) is 4.91. The number of imidazole rings is 1. The van der Waals surface area contributed by atoms with Crippen LogP contribution in [-0.4, -0.2) is 15.0 Å². The van der Waals surface area contributed by atoms with Crippen molar-refractivity contribution in [3.8, 4) is 0 Å².